The highest BCUT2D eigenvalue weighted by Gasteiger charge is 2.28. The average Bonchev–Trinajstić information content (AvgIpc) is 2.94. The standard InChI is InChI=1S/C16H16Cl2N4O/c17-13-7-3-9-15(20-13)22(16(19)23)12-6-2-1-5-11(12)21-10-4-8-14(21)18/h1-3,5-7,9,14H,4,8,10H2,(H2,19,23). The van der Waals surface area contributed by atoms with E-state index in [9.17, 15) is 4.79 Å². The van der Waals surface area contributed by atoms with Crippen LogP contribution in [0.1, 0.15) is 12.8 Å². The van der Waals surface area contributed by atoms with Crippen molar-refractivity contribution in [1.29, 1.82) is 0 Å². The zero-order valence-electron chi connectivity index (χ0n) is 12.3. The van der Waals surface area contributed by atoms with Gasteiger partial charge in [0.2, 0.25) is 0 Å². The largest absolute Gasteiger partial charge is 0.353 e. The van der Waals surface area contributed by atoms with Gasteiger partial charge in [-0.1, -0.05) is 41.4 Å². The first-order valence-corrected chi connectivity index (χ1v) is 8.11. The second-order valence-corrected chi connectivity index (χ2v) is 6.14. The number of urea groups is 1. The molecule has 2 heterocycles. The van der Waals surface area contributed by atoms with Crippen molar-refractivity contribution < 1.29 is 4.79 Å². The van der Waals surface area contributed by atoms with E-state index < -0.39 is 6.03 Å². The van der Waals surface area contributed by atoms with Crippen LogP contribution < -0.4 is 15.5 Å². The molecule has 2 amide bonds. The van der Waals surface area contributed by atoms with Gasteiger partial charge in [0, 0.05) is 6.54 Å². The molecule has 2 aromatic rings. The number of carbonyl (C=O) groups excluding carboxylic acids is 1. The Labute approximate surface area is 144 Å². The van der Waals surface area contributed by atoms with Gasteiger partial charge in [-0.3, -0.25) is 0 Å². The first-order valence-electron chi connectivity index (χ1n) is 7.30. The molecule has 1 unspecified atom stereocenters. The molecule has 7 heteroatoms. The Kier molecular flexibility index (Phi) is 4.59. The highest BCUT2D eigenvalue weighted by molar-refractivity contribution is 6.29. The van der Waals surface area contributed by atoms with E-state index in [1.165, 1.54) is 4.90 Å². The van der Waals surface area contributed by atoms with E-state index >= 15 is 0 Å². The topological polar surface area (TPSA) is 62.5 Å². The SMILES string of the molecule is NC(=O)N(c1cccc(Cl)n1)c1ccccc1N1CCCC1Cl. The molecule has 1 atom stereocenters. The van der Waals surface area contributed by atoms with E-state index in [4.69, 9.17) is 28.9 Å². The van der Waals surface area contributed by atoms with Crippen molar-refractivity contribution in [2.45, 2.75) is 18.3 Å². The third-order valence-corrected chi connectivity index (χ3v) is 4.43. The third kappa shape index (κ3) is 3.21. The summed E-state index contributed by atoms with van der Waals surface area (Å²) >= 11 is 12.3. The summed E-state index contributed by atoms with van der Waals surface area (Å²) in [5.74, 6) is 0.378. The molecular formula is C16H16Cl2N4O. The number of nitrogens with two attached hydrogens (primary N) is 1. The minimum atomic E-state index is -0.627. The summed E-state index contributed by atoms with van der Waals surface area (Å²) in [6.07, 6.45) is 1.91. The molecule has 1 aliphatic rings. The number of pyridine rings is 1. The van der Waals surface area contributed by atoms with Gasteiger partial charge in [0.15, 0.2) is 0 Å². The fourth-order valence-electron chi connectivity index (χ4n) is 2.77. The summed E-state index contributed by atoms with van der Waals surface area (Å²) in [7, 11) is 0. The van der Waals surface area contributed by atoms with Gasteiger partial charge in [0.25, 0.3) is 0 Å². The van der Waals surface area contributed by atoms with E-state index in [2.05, 4.69) is 9.88 Å². The Bertz CT molecular complexity index is 725. The molecule has 2 N–H and O–H groups in total. The number of para-hydroxylation sites is 2. The summed E-state index contributed by atoms with van der Waals surface area (Å²) in [5, 5.41) is 0.294. The number of carbonyl (C=O) groups is 1. The molecule has 0 spiro atoms. The van der Waals surface area contributed by atoms with Crippen molar-refractivity contribution in [3.8, 4) is 0 Å². The van der Waals surface area contributed by atoms with Crippen molar-refractivity contribution >= 4 is 46.4 Å². The van der Waals surface area contributed by atoms with E-state index in [0.717, 1.165) is 25.1 Å². The van der Waals surface area contributed by atoms with Gasteiger partial charge in [-0.15, -0.1) is 0 Å². The van der Waals surface area contributed by atoms with Gasteiger partial charge in [0.1, 0.15) is 16.5 Å². The van der Waals surface area contributed by atoms with Crippen LogP contribution in [0.3, 0.4) is 0 Å². The third-order valence-electron chi connectivity index (χ3n) is 3.76. The number of anilines is 3. The fourth-order valence-corrected chi connectivity index (χ4v) is 3.29. The Hall–Kier alpha value is -1.98. The van der Waals surface area contributed by atoms with E-state index in [0.29, 0.717) is 16.7 Å². The molecule has 1 aliphatic heterocycles. The molecule has 1 saturated heterocycles. The minimum Gasteiger partial charge on any atom is -0.353 e. The van der Waals surface area contributed by atoms with Crippen LogP contribution in [0.2, 0.25) is 5.15 Å². The summed E-state index contributed by atoms with van der Waals surface area (Å²) in [6.45, 7) is 0.834. The summed E-state index contributed by atoms with van der Waals surface area (Å²) in [4.78, 5) is 19.7. The van der Waals surface area contributed by atoms with Crippen LogP contribution in [0, 0.1) is 0 Å². The van der Waals surface area contributed by atoms with E-state index in [-0.39, 0.29) is 5.50 Å². The number of rotatable bonds is 3. The van der Waals surface area contributed by atoms with Gasteiger partial charge in [0.05, 0.1) is 11.4 Å². The lowest BCUT2D eigenvalue weighted by molar-refractivity contribution is 0.256. The molecule has 5 nitrogen and oxygen atoms in total. The number of hydrogen-bond donors (Lipinski definition) is 1. The Morgan fingerprint density at radius 3 is 2.70 bits per heavy atom. The molecule has 1 aromatic heterocycles. The first kappa shape index (κ1) is 15.9. The van der Waals surface area contributed by atoms with Crippen LogP contribution in [-0.2, 0) is 0 Å². The van der Waals surface area contributed by atoms with Gasteiger partial charge in [-0.25, -0.2) is 14.7 Å². The quantitative estimate of drug-likeness (QED) is 0.514. The number of nitrogens with zero attached hydrogens (tertiary/aromatic N) is 3. The summed E-state index contributed by atoms with van der Waals surface area (Å²) < 4.78 is 0. The number of benzene rings is 1. The Balaban J connectivity index is 2.09. The molecule has 23 heavy (non-hydrogen) atoms. The van der Waals surface area contributed by atoms with Crippen LogP contribution in [0.4, 0.5) is 22.0 Å². The molecule has 3 rings (SSSR count). The monoisotopic (exact) mass is 350 g/mol. The van der Waals surface area contributed by atoms with E-state index in [1.807, 2.05) is 24.3 Å². The number of halogens is 2. The molecule has 0 aliphatic carbocycles. The van der Waals surface area contributed by atoms with Crippen molar-refractivity contribution in [3.63, 3.8) is 0 Å². The van der Waals surface area contributed by atoms with E-state index in [1.54, 1.807) is 18.2 Å². The summed E-state index contributed by atoms with van der Waals surface area (Å²) in [6, 6.07) is 11.9. The van der Waals surface area contributed by atoms with Crippen LogP contribution in [0.25, 0.3) is 0 Å². The van der Waals surface area contributed by atoms with Crippen LogP contribution >= 0.6 is 23.2 Å². The zero-order chi connectivity index (χ0) is 16.4. The predicted octanol–water partition coefficient (Wildman–Crippen LogP) is 4.12. The van der Waals surface area contributed by atoms with Gasteiger partial charge < -0.3 is 10.6 Å². The Morgan fingerprint density at radius 2 is 2.04 bits per heavy atom. The van der Waals surface area contributed by atoms with Gasteiger partial charge in [-0.05, 0) is 37.1 Å². The molecule has 1 fully saturated rings. The highest BCUT2D eigenvalue weighted by atomic mass is 35.5. The minimum absolute atomic E-state index is 0.0989. The predicted molar refractivity (Wildman–Crippen MR) is 93.6 cm³/mol. The second-order valence-electron chi connectivity index (χ2n) is 5.25. The number of hydrogen-bond acceptors (Lipinski definition) is 3. The molecule has 1 aromatic carbocycles. The number of primary amides is 1. The van der Waals surface area contributed by atoms with Gasteiger partial charge >= 0.3 is 6.03 Å². The average molecular weight is 351 g/mol. The number of alkyl halides is 1. The second kappa shape index (κ2) is 6.64. The Morgan fingerprint density at radius 1 is 1.26 bits per heavy atom. The molecule has 0 radical (unpaired) electrons. The highest BCUT2D eigenvalue weighted by Crippen LogP contribution is 2.38. The summed E-state index contributed by atoms with van der Waals surface area (Å²) in [5.41, 5.74) is 7.00. The molecule has 0 saturated carbocycles. The van der Waals surface area contributed by atoms with Gasteiger partial charge in [-0.2, -0.15) is 0 Å². The normalized spacial score (nSPS) is 17.3. The number of aromatic nitrogens is 1. The zero-order valence-corrected chi connectivity index (χ0v) is 13.8. The molecular weight excluding hydrogens is 335 g/mol. The maximum atomic E-state index is 12.1. The number of amides is 2. The molecule has 0 bridgehead atoms. The van der Waals surface area contributed by atoms with Crippen molar-refractivity contribution in [2.24, 2.45) is 5.73 Å². The fraction of sp³-hybridized carbons (Fsp3) is 0.250. The van der Waals surface area contributed by atoms with Crippen molar-refractivity contribution in [1.82, 2.24) is 4.98 Å². The lowest BCUT2D eigenvalue weighted by atomic mass is 10.2. The smallest absolute Gasteiger partial charge is 0.325 e. The van der Waals surface area contributed by atoms with Crippen molar-refractivity contribution in [3.05, 3.63) is 47.6 Å². The van der Waals surface area contributed by atoms with Crippen LogP contribution in [-0.4, -0.2) is 23.1 Å². The lowest BCUT2D eigenvalue weighted by Crippen LogP contribution is -2.34. The molecule has 120 valence electrons. The maximum Gasteiger partial charge on any atom is 0.325 e. The van der Waals surface area contributed by atoms with Crippen molar-refractivity contribution in [2.75, 3.05) is 16.3 Å². The lowest BCUT2D eigenvalue weighted by Gasteiger charge is -2.29. The first-order chi connectivity index (χ1) is 11.1. The van der Waals surface area contributed by atoms with Crippen LogP contribution in [0.15, 0.2) is 42.5 Å². The van der Waals surface area contributed by atoms with Crippen LogP contribution in [0.5, 0.6) is 0 Å². The maximum absolute atomic E-state index is 12.1.